The van der Waals surface area contributed by atoms with Crippen molar-refractivity contribution in [3.8, 4) is 0 Å². The summed E-state index contributed by atoms with van der Waals surface area (Å²) in [7, 11) is 0. The first-order valence-corrected chi connectivity index (χ1v) is 7.12. The van der Waals surface area contributed by atoms with Crippen molar-refractivity contribution in [3.05, 3.63) is 11.4 Å². The minimum absolute atomic E-state index is 0.0275. The van der Waals surface area contributed by atoms with Crippen molar-refractivity contribution in [1.82, 2.24) is 14.7 Å². The molecule has 19 heavy (non-hydrogen) atoms. The molecule has 0 unspecified atom stereocenters. The molecular weight excluding hydrogens is 240 g/mol. The molecule has 2 N–H and O–H groups in total. The van der Waals surface area contributed by atoms with Gasteiger partial charge < -0.3 is 10.6 Å². The average Bonchev–Trinajstić information content (AvgIpc) is 2.65. The van der Waals surface area contributed by atoms with Crippen molar-refractivity contribution in [1.29, 1.82) is 0 Å². The Bertz CT molecular complexity index is 470. The molecule has 5 heteroatoms. The van der Waals surface area contributed by atoms with Gasteiger partial charge in [0.15, 0.2) is 0 Å². The zero-order valence-electron chi connectivity index (χ0n) is 12.3. The van der Waals surface area contributed by atoms with Gasteiger partial charge in [-0.05, 0) is 47.0 Å². The van der Waals surface area contributed by atoms with Crippen LogP contribution in [0.1, 0.15) is 56.2 Å². The fourth-order valence-electron chi connectivity index (χ4n) is 2.99. The van der Waals surface area contributed by atoms with Crippen LogP contribution in [0.2, 0.25) is 0 Å². The Morgan fingerprint density at radius 2 is 1.95 bits per heavy atom. The van der Waals surface area contributed by atoms with Gasteiger partial charge in [-0.15, -0.1) is 0 Å². The van der Waals surface area contributed by atoms with E-state index in [-0.39, 0.29) is 18.0 Å². The molecule has 1 aromatic heterocycles. The molecule has 1 amide bonds. The van der Waals surface area contributed by atoms with Crippen LogP contribution in [-0.2, 0) is 6.54 Å². The number of nitrogens with two attached hydrogens (primary N) is 1. The van der Waals surface area contributed by atoms with Crippen molar-refractivity contribution < 1.29 is 4.79 Å². The van der Waals surface area contributed by atoms with Crippen molar-refractivity contribution >= 4 is 11.6 Å². The minimum atomic E-state index is 0.0275. The van der Waals surface area contributed by atoms with Gasteiger partial charge in [-0.25, -0.2) is 0 Å². The molecule has 1 aliphatic rings. The first kappa shape index (κ1) is 13.9. The van der Waals surface area contributed by atoms with Crippen LogP contribution in [0.4, 0.5) is 5.69 Å². The fourth-order valence-corrected chi connectivity index (χ4v) is 2.99. The van der Waals surface area contributed by atoms with Gasteiger partial charge in [0.1, 0.15) is 5.69 Å². The number of carbonyl (C=O) groups excluding carboxylic acids is 1. The summed E-state index contributed by atoms with van der Waals surface area (Å²) in [6.45, 7) is 8.72. The molecule has 0 aliphatic carbocycles. The van der Waals surface area contributed by atoms with E-state index in [1.807, 2.05) is 18.7 Å². The van der Waals surface area contributed by atoms with E-state index in [0.717, 1.165) is 18.5 Å². The highest BCUT2D eigenvalue weighted by atomic mass is 16.2. The van der Waals surface area contributed by atoms with Crippen LogP contribution in [-0.4, -0.2) is 32.7 Å². The van der Waals surface area contributed by atoms with Crippen LogP contribution >= 0.6 is 0 Å². The van der Waals surface area contributed by atoms with Crippen molar-refractivity contribution in [3.63, 3.8) is 0 Å². The van der Waals surface area contributed by atoms with Crippen LogP contribution in [0, 0.1) is 6.92 Å². The molecule has 1 saturated heterocycles. The van der Waals surface area contributed by atoms with E-state index in [0.29, 0.717) is 17.9 Å². The highest BCUT2D eigenvalue weighted by molar-refractivity contribution is 5.98. The normalized spacial score (nSPS) is 23.7. The first-order chi connectivity index (χ1) is 8.97. The summed E-state index contributed by atoms with van der Waals surface area (Å²) in [5.74, 6) is 0.0275. The zero-order valence-corrected chi connectivity index (χ0v) is 12.3. The number of hydrogen-bond acceptors (Lipinski definition) is 3. The summed E-state index contributed by atoms with van der Waals surface area (Å²) in [4.78, 5) is 14.8. The first-order valence-electron chi connectivity index (χ1n) is 7.12. The van der Waals surface area contributed by atoms with E-state index >= 15 is 0 Å². The van der Waals surface area contributed by atoms with E-state index < -0.39 is 0 Å². The zero-order chi connectivity index (χ0) is 14.2. The number of nitrogens with zero attached hydrogens (tertiary/aromatic N) is 3. The Morgan fingerprint density at radius 3 is 2.47 bits per heavy atom. The standard InChI is InChI=1S/C14H24N4O/c1-5-17-13(12(15)11(4)16-17)14(19)18-9(2)7-6-8-10(18)3/h9-10H,5-8,15H2,1-4H3/t9-,10+. The number of piperidine rings is 1. The van der Waals surface area contributed by atoms with E-state index in [9.17, 15) is 4.79 Å². The number of amides is 1. The maximum Gasteiger partial charge on any atom is 0.274 e. The molecule has 2 heterocycles. The molecule has 0 radical (unpaired) electrons. The Morgan fingerprint density at radius 1 is 1.37 bits per heavy atom. The number of likely N-dealkylation sites (tertiary alicyclic amines) is 1. The summed E-state index contributed by atoms with van der Waals surface area (Å²) >= 11 is 0. The SMILES string of the molecule is CCn1nc(C)c(N)c1C(=O)N1[C@H](C)CCC[C@@H]1C. The van der Waals surface area contributed by atoms with E-state index in [1.54, 1.807) is 4.68 Å². The highest BCUT2D eigenvalue weighted by Crippen LogP contribution is 2.27. The molecule has 0 spiro atoms. The van der Waals surface area contributed by atoms with Crippen molar-refractivity contribution in [2.45, 2.75) is 65.6 Å². The lowest BCUT2D eigenvalue weighted by Crippen LogP contribution is -2.48. The molecule has 2 rings (SSSR count). The Hall–Kier alpha value is -1.52. The molecule has 0 saturated carbocycles. The number of rotatable bonds is 2. The molecular formula is C14H24N4O. The molecule has 1 aromatic rings. The number of carbonyl (C=O) groups is 1. The fraction of sp³-hybridized carbons (Fsp3) is 0.714. The van der Waals surface area contributed by atoms with Gasteiger partial charge in [0.25, 0.3) is 5.91 Å². The van der Waals surface area contributed by atoms with Gasteiger partial charge in [0.05, 0.1) is 11.4 Å². The number of anilines is 1. The smallest absolute Gasteiger partial charge is 0.274 e. The lowest BCUT2D eigenvalue weighted by atomic mass is 9.97. The second-order valence-electron chi connectivity index (χ2n) is 5.50. The van der Waals surface area contributed by atoms with Crippen molar-refractivity contribution in [2.75, 3.05) is 5.73 Å². The quantitative estimate of drug-likeness (QED) is 0.890. The molecule has 1 fully saturated rings. The monoisotopic (exact) mass is 264 g/mol. The summed E-state index contributed by atoms with van der Waals surface area (Å²) in [6.07, 6.45) is 3.32. The third-order valence-corrected chi connectivity index (χ3v) is 4.10. The summed E-state index contributed by atoms with van der Waals surface area (Å²) in [6, 6.07) is 0.548. The summed E-state index contributed by atoms with van der Waals surface area (Å²) < 4.78 is 1.72. The maximum absolute atomic E-state index is 12.8. The third-order valence-electron chi connectivity index (χ3n) is 4.10. The molecule has 5 nitrogen and oxygen atoms in total. The Balaban J connectivity index is 2.38. The van der Waals surface area contributed by atoms with Crippen molar-refractivity contribution in [2.24, 2.45) is 0 Å². The minimum Gasteiger partial charge on any atom is -0.395 e. The number of hydrogen-bond donors (Lipinski definition) is 1. The van der Waals surface area contributed by atoms with Crippen LogP contribution in [0.3, 0.4) is 0 Å². The van der Waals surface area contributed by atoms with Crippen LogP contribution in [0.25, 0.3) is 0 Å². The molecule has 0 bridgehead atoms. The number of aromatic nitrogens is 2. The highest BCUT2D eigenvalue weighted by Gasteiger charge is 2.33. The average molecular weight is 264 g/mol. The molecule has 0 aromatic carbocycles. The van der Waals surface area contributed by atoms with E-state index in [1.165, 1.54) is 6.42 Å². The van der Waals surface area contributed by atoms with Crippen LogP contribution < -0.4 is 5.73 Å². The van der Waals surface area contributed by atoms with Crippen LogP contribution in [0.5, 0.6) is 0 Å². The van der Waals surface area contributed by atoms with Crippen LogP contribution in [0.15, 0.2) is 0 Å². The largest absolute Gasteiger partial charge is 0.395 e. The molecule has 106 valence electrons. The van der Waals surface area contributed by atoms with Gasteiger partial charge in [0.2, 0.25) is 0 Å². The van der Waals surface area contributed by atoms with Gasteiger partial charge in [-0.3, -0.25) is 9.48 Å². The summed E-state index contributed by atoms with van der Waals surface area (Å²) in [5, 5.41) is 4.34. The van der Waals surface area contributed by atoms with Gasteiger partial charge in [0, 0.05) is 18.6 Å². The molecule has 2 atom stereocenters. The summed E-state index contributed by atoms with van der Waals surface area (Å²) in [5.41, 5.74) is 7.87. The second kappa shape index (κ2) is 5.23. The second-order valence-corrected chi connectivity index (χ2v) is 5.50. The lowest BCUT2D eigenvalue weighted by molar-refractivity contribution is 0.0499. The van der Waals surface area contributed by atoms with Gasteiger partial charge >= 0.3 is 0 Å². The number of aryl methyl sites for hydroxylation is 2. The predicted molar refractivity (Wildman–Crippen MR) is 76.0 cm³/mol. The Kier molecular flexibility index (Phi) is 3.83. The van der Waals surface area contributed by atoms with Gasteiger partial charge in [-0.1, -0.05) is 0 Å². The topological polar surface area (TPSA) is 64.2 Å². The van der Waals surface area contributed by atoms with Gasteiger partial charge in [-0.2, -0.15) is 5.10 Å². The van der Waals surface area contributed by atoms with E-state index in [2.05, 4.69) is 18.9 Å². The predicted octanol–water partition coefficient (Wildman–Crippen LogP) is 2.20. The molecule has 1 aliphatic heterocycles. The number of nitrogen functional groups attached to an aromatic ring is 1. The maximum atomic E-state index is 12.8. The Labute approximate surface area is 114 Å². The lowest BCUT2D eigenvalue weighted by Gasteiger charge is -2.39. The third kappa shape index (κ3) is 2.33. The van der Waals surface area contributed by atoms with E-state index in [4.69, 9.17) is 5.73 Å².